The van der Waals surface area contributed by atoms with E-state index in [2.05, 4.69) is 12.2 Å². The van der Waals surface area contributed by atoms with Crippen molar-refractivity contribution in [1.29, 1.82) is 0 Å². The molecule has 0 saturated heterocycles. The number of hydrogen-bond acceptors (Lipinski definition) is 3. The molecule has 2 aromatic carbocycles. The molecule has 4 nitrogen and oxygen atoms in total. The van der Waals surface area contributed by atoms with Crippen molar-refractivity contribution in [3.8, 4) is 5.75 Å². The Morgan fingerprint density at radius 1 is 1.10 bits per heavy atom. The summed E-state index contributed by atoms with van der Waals surface area (Å²) in [5, 5.41) is 14.4. The number of aliphatic hydroxyl groups is 1. The van der Waals surface area contributed by atoms with Crippen LogP contribution in [0, 0.1) is 6.92 Å². The number of hydrogen-bond donors (Lipinski definition) is 2. The fourth-order valence-corrected chi connectivity index (χ4v) is 3.33. The van der Waals surface area contributed by atoms with Gasteiger partial charge in [-0.1, -0.05) is 49.5 Å². The zero-order valence-corrected chi connectivity index (χ0v) is 17.7. The third kappa shape index (κ3) is 5.00. The van der Waals surface area contributed by atoms with Crippen LogP contribution in [-0.4, -0.2) is 17.2 Å². The largest absolute Gasteiger partial charge is 0.502 e. The lowest BCUT2D eigenvalue weighted by Gasteiger charge is -2.11. The molecule has 0 saturated carbocycles. The molecule has 148 valence electrons. The number of nitrogens with zero attached hydrogens (tertiary/aromatic N) is 1. The van der Waals surface area contributed by atoms with Crippen molar-refractivity contribution < 1.29 is 14.4 Å². The van der Waals surface area contributed by atoms with Crippen molar-refractivity contribution in [2.45, 2.75) is 20.3 Å². The number of thiocarbonyl (C=S) groups is 1. The normalized spacial score (nSPS) is 11.6. The smallest absolute Gasteiger partial charge is 0.288 e. The van der Waals surface area contributed by atoms with E-state index in [0.717, 1.165) is 23.4 Å². The topological polar surface area (TPSA) is 45.4 Å². The van der Waals surface area contributed by atoms with Crippen molar-refractivity contribution in [2.75, 3.05) is 12.4 Å². The van der Waals surface area contributed by atoms with Crippen LogP contribution in [0.3, 0.4) is 0 Å². The predicted octanol–water partition coefficient (Wildman–Crippen LogP) is 5.18. The SMILES string of the molecule is CCc1ccc(/C(O)=C(\C(=S)Nc2cccc(OC)c2)[n+]2cccc(C)c2)cc1. The molecule has 0 atom stereocenters. The molecule has 1 aromatic heterocycles. The number of rotatable bonds is 6. The van der Waals surface area contributed by atoms with E-state index in [1.807, 2.05) is 84.5 Å². The molecule has 0 amide bonds. The lowest BCUT2D eigenvalue weighted by molar-refractivity contribution is -0.576. The monoisotopic (exact) mass is 405 g/mol. The summed E-state index contributed by atoms with van der Waals surface area (Å²) in [7, 11) is 1.62. The number of methoxy groups -OCH3 is 1. The highest BCUT2D eigenvalue weighted by atomic mass is 32.1. The van der Waals surface area contributed by atoms with Gasteiger partial charge in [0.05, 0.1) is 7.11 Å². The molecule has 0 bridgehead atoms. The highest BCUT2D eigenvalue weighted by molar-refractivity contribution is 7.81. The molecule has 0 radical (unpaired) electrons. The van der Waals surface area contributed by atoms with E-state index in [9.17, 15) is 5.11 Å². The standard InChI is InChI=1S/C24H24N2O2S/c1-4-18-10-12-19(13-11-18)23(27)22(26-14-6-7-17(2)16-26)24(29)25-20-8-5-9-21(15-20)28-3/h5-16H,4H2,1-3H3,(H-,25,27,29)/p+1. The van der Waals surface area contributed by atoms with E-state index >= 15 is 0 Å². The number of anilines is 1. The van der Waals surface area contributed by atoms with Crippen LogP contribution < -0.4 is 14.6 Å². The van der Waals surface area contributed by atoms with Gasteiger partial charge in [0.15, 0.2) is 23.1 Å². The molecule has 2 N–H and O–H groups in total. The first-order chi connectivity index (χ1) is 14.0. The Bertz CT molecular complexity index is 1040. The molecule has 0 aliphatic rings. The van der Waals surface area contributed by atoms with Gasteiger partial charge in [0.2, 0.25) is 0 Å². The molecular weight excluding hydrogens is 380 g/mol. The van der Waals surface area contributed by atoms with Crippen LogP contribution in [0.2, 0.25) is 0 Å². The second kappa shape index (κ2) is 9.34. The number of pyridine rings is 1. The van der Waals surface area contributed by atoms with E-state index in [1.165, 1.54) is 5.56 Å². The van der Waals surface area contributed by atoms with Gasteiger partial charge >= 0.3 is 0 Å². The molecule has 1 heterocycles. The average molecular weight is 406 g/mol. The summed E-state index contributed by atoms with van der Waals surface area (Å²) in [5.41, 5.74) is 4.28. The zero-order valence-electron chi connectivity index (χ0n) is 16.8. The fourth-order valence-electron chi connectivity index (χ4n) is 3.01. The van der Waals surface area contributed by atoms with Gasteiger partial charge in [-0.25, -0.2) is 0 Å². The van der Waals surface area contributed by atoms with Crippen LogP contribution in [-0.2, 0) is 6.42 Å². The van der Waals surface area contributed by atoms with Crippen LogP contribution in [0.15, 0.2) is 73.1 Å². The Morgan fingerprint density at radius 2 is 1.86 bits per heavy atom. The lowest BCUT2D eigenvalue weighted by atomic mass is 10.1. The average Bonchev–Trinajstić information content (AvgIpc) is 2.74. The van der Waals surface area contributed by atoms with Crippen molar-refractivity contribution in [3.63, 3.8) is 0 Å². The molecule has 29 heavy (non-hydrogen) atoms. The molecular formula is C24H25N2O2S+. The Balaban J connectivity index is 2.05. The molecule has 0 fully saturated rings. The number of aryl methyl sites for hydroxylation is 2. The predicted molar refractivity (Wildman–Crippen MR) is 122 cm³/mol. The first-order valence-electron chi connectivity index (χ1n) is 9.48. The van der Waals surface area contributed by atoms with E-state index in [-0.39, 0.29) is 5.76 Å². The minimum Gasteiger partial charge on any atom is -0.502 e. The van der Waals surface area contributed by atoms with Crippen LogP contribution in [0.1, 0.15) is 23.6 Å². The van der Waals surface area contributed by atoms with Gasteiger partial charge < -0.3 is 15.2 Å². The Hall–Kier alpha value is -3.18. The number of aromatic nitrogens is 1. The Labute approximate surface area is 177 Å². The van der Waals surface area contributed by atoms with Crippen LogP contribution in [0.25, 0.3) is 11.5 Å². The highest BCUT2D eigenvalue weighted by Gasteiger charge is 2.24. The van der Waals surface area contributed by atoms with E-state index in [4.69, 9.17) is 17.0 Å². The number of aliphatic hydroxyl groups excluding tert-OH is 1. The minimum atomic E-state index is 0.114. The second-order valence-corrected chi connectivity index (χ2v) is 7.13. The maximum Gasteiger partial charge on any atom is 0.288 e. The maximum atomic E-state index is 11.1. The van der Waals surface area contributed by atoms with Crippen molar-refractivity contribution in [1.82, 2.24) is 0 Å². The Morgan fingerprint density at radius 3 is 2.52 bits per heavy atom. The molecule has 5 heteroatoms. The summed E-state index contributed by atoms with van der Waals surface area (Å²) in [6, 6.07) is 19.3. The summed E-state index contributed by atoms with van der Waals surface area (Å²) in [4.78, 5) is 0.408. The maximum absolute atomic E-state index is 11.1. The number of ether oxygens (including phenoxy) is 1. The quantitative estimate of drug-likeness (QED) is 0.257. The first kappa shape index (κ1) is 20.6. The summed E-state index contributed by atoms with van der Waals surface area (Å²) in [6.45, 7) is 4.10. The van der Waals surface area contributed by atoms with Gasteiger partial charge in [-0.3, -0.25) is 0 Å². The molecule has 0 spiro atoms. The Kier molecular flexibility index (Phi) is 6.62. The van der Waals surface area contributed by atoms with Crippen molar-refractivity contribution in [3.05, 3.63) is 89.7 Å². The summed E-state index contributed by atoms with van der Waals surface area (Å²) >= 11 is 5.70. The van der Waals surface area contributed by atoms with Gasteiger partial charge in [-0.2, -0.15) is 4.57 Å². The van der Waals surface area contributed by atoms with Crippen molar-refractivity contribution >= 4 is 34.3 Å². The third-order valence-electron chi connectivity index (χ3n) is 4.61. The molecule has 0 aliphatic carbocycles. The molecule has 0 aliphatic heterocycles. The highest BCUT2D eigenvalue weighted by Crippen LogP contribution is 2.22. The third-order valence-corrected chi connectivity index (χ3v) is 4.90. The number of nitrogens with one attached hydrogen (secondary N) is 1. The van der Waals surface area contributed by atoms with E-state index in [1.54, 1.807) is 7.11 Å². The van der Waals surface area contributed by atoms with Gasteiger partial charge in [0.25, 0.3) is 5.70 Å². The summed E-state index contributed by atoms with van der Waals surface area (Å²) in [6.07, 6.45) is 4.75. The molecule has 3 aromatic rings. The summed E-state index contributed by atoms with van der Waals surface area (Å²) in [5.74, 6) is 0.842. The van der Waals surface area contributed by atoms with Gasteiger partial charge in [-0.15, -0.1) is 0 Å². The van der Waals surface area contributed by atoms with Crippen LogP contribution in [0.5, 0.6) is 5.75 Å². The van der Waals surface area contributed by atoms with E-state index < -0.39 is 0 Å². The molecule has 0 unspecified atom stereocenters. The zero-order chi connectivity index (χ0) is 20.8. The minimum absolute atomic E-state index is 0.114. The first-order valence-corrected chi connectivity index (χ1v) is 9.89. The second-order valence-electron chi connectivity index (χ2n) is 6.72. The van der Waals surface area contributed by atoms with E-state index in [0.29, 0.717) is 16.2 Å². The fraction of sp³-hybridized carbons (Fsp3) is 0.167. The molecule has 3 rings (SSSR count). The van der Waals surface area contributed by atoms with Gasteiger partial charge in [0, 0.05) is 28.9 Å². The van der Waals surface area contributed by atoms with Crippen molar-refractivity contribution in [2.24, 2.45) is 0 Å². The van der Waals surface area contributed by atoms with Crippen LogP contribution in [0.4, 0.5) is 5.69 Å². The van der Waals surface area contributed by atoms with Crippen LogP contribution >= 0.6 is 12.2 Å². The number of benzene rings is 2. The lowest BCUT2D eigenvalue weighted by Crippen LogP contribution is -2.38. The van der Waals surface area contributed by atoms with Gasteiger partial charge in [-0.05, 0) is 37.1 Å². The van der Waals surface area contributed by atoms with Gasteiger partial charge in [0.1, 0.15) is 5.75 Å². The summed E-state index contributed by atoms with van der Waals surface area (Å²) < 4.78 is 7.13.